The summed E-state index contributed by atoms with van der Waals surface area (Å²) in [5.74, 6) is 0.00205. The summed E-state index contributed by atoms with van der Waals surface area (Å²) in [5, 5.41) is 0. The minimum Gasteiger partial charge on any atom is -0.344 e. The Morgan fingerprint density at radius 1 is 1.22 bits per heavy atom. The van der Waals surface area contributed by atoms with Crippen LogP contribution < -0.4 is 5.73 Å². The zero-order valence-electron chi connectivity index (χ0n) is 11.6. The molecule has 1 rings (SSSR count). The molecule has 100 valence electrons. The van der Waals surface area contributed by atoms with Crippen LogP contribution in [0.3, 0.4) is 0 Å². The van der Waals surface area contributed by atoms with Crippen molar-refractivity contribution in [2.24, 2.45) is 5.73 Å². The standard InChI is InChI=1S/C15H24N2O/c1-15(2,16)14(18)17(3)12-8-7-11-13-9-5-4-6-10-13/h4-6,9-10H,7-8,11-12,16H2,1-3H3. The van der Waals surface area contributed by atoms with E-state index in [2.05, 4.69) is 24.3 Å². The number of nitrogens with zero attached hydrogens (tertiary/aromatic N) is 1. The van der Waals surface area contributed by atoms with Crippen LogP contribution in [0.25, 0.3) is 0 Å². The van der Waals surface area contributed by atoms with Gasteiger partial charge in [0.1, 0.15) is 0 Å². The number of carbonyl (C=O) groups excluding carboxylic acids is 1. The largest absolute Gasteiger partial charge is 0.344 e. The molecular weight excluding hydrogens is 224 g/mol. The molecule has 0 heterocycles. The van der Waals surface area contributed by atoms with Gasteiger partial charge in [-0.1, -0.05) is 30.3 Å². The fraction of sp³-hybridized carbons (Fsp3) is 0.533. The number of likely N-dealkylation sites (N-methyl/N-ethyl adjacent to an activating group) is 1. The van der Waals surface area contributed by atoms with Crippen LogP contribution in [0.1, 0.15) is 32.3 Å². The van der Waals surface area contributed by atoms with Gasteiger partial charge < -0.3 is 10.6 Å². The van der Waals surface area contributed by atoms with E-state index < -0.39 is 5.54 Å². The summed E-state index contributed by atoms with van der Waals surface area (Å²) in [4.78, 5) is 13.6. The molecule has 1 aromatic rings. The van der Waals surface area contributed by atoms with Crippen molar-refractivity contribution in [2.45, 2.75) is 38.6 Å². The maximum absolute atomic E-state index is 11.8. The highest BCUT2D eigenvalue weighted by atomic mass is 16.2. The second kappa shape index (κ2) is 6.55. The van der Waals surface area contributed by atoms with Gasteiger partial charge in [-0.25, -0.2) is 0 Å². The number of hydrogen-bond acceptors (Lipinski definition) is 2. The Labute approximate surface area is 110 Å². The second-order valence-electron chi connectivity index (χ2n) is 5.39. The number of rotatable bonds is 6. The molecule has 1 aromatic carbocycles. The normalized spacial score (nSPS) is 11.3. The van der Waals surface area contributed by atoms with E-state index in [0.717, 1.165) is 25.8 Å². The second-order valence-corrected chi connectivity index (χ2v) is 5.39. The monoisotopic (exact) mass is 248 g/mol. The highest BCUT2D eigenvalue weighted by Crippen LogP contribution is 2.07. The summed E-state index contributed by atoms with van der Waals surface area (Å²) in [6, 6.07) is 10.4. The van der Waals surface area contributed by atoms with Crippen LogP contribution in [-0.2, 0) is 11.2 Å². The third-order valence-corrected chi connectivity index (χ3v) is 2.95. The van der Waals surface area contributed by atoms with Gasteiger partial charge in [-0.15, -0.1) is 0 Å². The molecule has 0 bridgehead atoms. The predicted molar refractivity (Wildman–Crippen MR) is 75.3 cm³/mol. The lowest BCUT2D eigenvalue weighted by molar-refractivity contribution is -0.134. The molecule has 2 N–H and O–H groups in total. The van der Waals surface area contributed by atoms with Gasteiger partial charge in [0.15, 0.2) is 0 Å². The summed E-state index contributed by atoms with van der Waals surface area (Å²) in [7, 11) is 1.82. The van der Waals surface area contributed by atoms with Gasteiger partial charge >= 0.3 is 0 Å². The Hall–Kier alpha value is -1.35. The minimum absolute atomic E-state index is 0.00205. The van der Waals surface area contributed by atoms with Crippen LogP contribution in [0.5, 0.6) is 0 Å². The van der Waals surface area contributed by atoms with E-state index in [1.165, 1.54) is 5.56 Å². The van der Waals surface area contributed by atoms with Crippen molar-refractivity contribution in [3.63, 3.8) is 0 Å². The van der Waals surface area contributed by atoms with Crippen molar-refractivity contribution in [3.8, 4) is 0 Å². The van der Waals surface area contributed by atoms with E-state index in [1.807, 2.05) is 13.1 Å². The Morgan fingerprint density at radius 3 is 2.39 bits per heavy atom. The van der Waals surface area contributed by atoms with Gasteiger partial charge in [-0.2, -0.15) is 0 Å². The molecule has 1 amide bonds. The first kappa shape index (κ1) is 14.7. The average molecular weight is 248 g/mol. The van der Waals surface area contributed by atoms with E-state index in [0.29, 0.717) is 0 Å². The summed E-state index contributed by atoms with van der Waals surface area (Å²) >= 11 is 0. The molecule has 0 aliphatic heterocycles. The molecular formula is C15H24N2O. The molecule has 0 aliphatic rings. The molecule has 0 aliphatic carbocycles. The maximum atomic E-state index is 11.8. The number of unbranched alkanes of at least 4 members (excludes halogenated alkanes) is 1. The highest BCUT2D eigenvalue weighted by Gasteiger charge is 2.24. The third-order valence-electron chi connectivity index (χ3n) is 2.95. The average Bonchev–Trinajstić information content (AvgIpc) is 2.33. The molecule has 0 unspecified atom stereocenters. The maximum Gasteiger partial charge on any atom is 0.241 e. The first-order chi connectivity index (χ1) is 8.41. The van der Waals surface area contributed by atoms with Gasteiger partial charge in [-0.05, 0) is 38.7 Å². The number of amides is 1. The summed E-state index contributed by atoms with van der Waals surface area (Å²) < 4.78 is 0. The quantitative estimate of drug-likeness (QED) is 0.785. The van der Waals surface area contributed by atoms with E-state index in [-0.39, 0.29) is 5.91 Å². The number of carbonyl (C=O) groups is 1. The Kier molecular flexibility index (Phi) is 5.35. The van der Waals surface area contributed by atoms with Crippen molar-refractivity contribution in [1.29, 1.82) is 0 Å². The van der Waals surface area contributed by atoms with Crippen LogP contribution in [-0.4, -0.2) is 29.9 Å². The van der Waals surface area contributed by atoms with Crippen molar-refractivity contribution < 1.29 is 4.79 Å². The molecule has 0 atom stereocenters. The Balaban J connectivity index is 2.24. The molecule has 3 nitrogen and oxygen atoms in total. The molecule has 18 heavy (non-hydrogen) atoms. The zero-order valence-corrected chi connectivity index (χ0v) is 11.6. The van der Waals surface area contributed by atoms with Gasteiger partial charge in [0, 0.05) is 13.6 Å². The lowest BCUT2D eigenvalue weighted by Crippen LogP contribution is -2.49. The highest BCUT2D eigenvalue weighted by molar-refractivity contribution is 5.84. The molecule has 0 saturated heterocycles. The van der Waals surface area contributed by atoms with Crippen LogP contribution in [0.2, 0.25) is 0 Å². The van der Waals surface area contributed by atoms with Crippen LogP contribution in [0.4, 0.5) is 0 Å². The van der Waals surface area contributed by atoms with Crippen LogP contribution in [0.15, 0.2) is 30.3 Å². The van der Waals surface area contributed by atoms with Gasteiger partial charge in [0.05, 0.1) is 5.54 Å². The van der Waals surface area contributed by atoms with Crippen molar-refractivity contribution in [3.05, 3.63) is 35.9 Å². The number of nitrogens with two attached hydrogens (primary N) is 1. The van der Waals surface area contributed by atoms with Crippen molar-refractivity contribution in [2.75, 3.05) is 13.6 Å². The van der Waals surface area contributed by atoms with Gasteiger partial charge in [0.2, 0.25) is 5.91 Å². The number of benzene rings is 1. The molecule has 0 saturated carbocycles. The van der Waals surface area contributed by atoms with E-state index in [4.69, 9.17) is 5.73 Å². The smallest absolute Gasteiger partial charge is 0.241 e. The summed E-state index contributed by atoms with van der Waals surface area (Å²) in [6.07, 6.45) is 3.16. The Bertz CT molecular complexity index is 368. The molecule has 0 aromatic heterocycles. The lowest BCUT2D eigenvalue weighted by atomic mass is 10.0. The molecule has 0 fully saturated rings. The van der Waals surface area contributed by atoms with Crippen molar-refractivity contribution in [1.82, 2.24) is 4.90 Å². The van der Waals surface area contributed by atoms with E-state index >= 15 is 0 Å². The number of aryl methyl sites for hydroxylation is 1. The Morgan fingerprint density at radius 2 is 1.83 bits per heavy atom. The first-order valence-corrected chi connectivity index (χ1v) is 6.49. The van der Waals surface area contributed by atoms with Gasteiger partial charge in [0.25, 0.3) is 0 Å². The van der Waals surface area contributed by atoms with Gasteiger partial charge in [-0.3, -0.25) is 4.79 Å². The van der Waals surface area contributed by atoms with Crippen LogP contribution >= 0.6 is 0 Å². The lowest BCUT2D eigenvalue weighted by Gasteiger charge is -2.25. The zero-order chi connectivity index (χ0) is 13.6. The topological polar surface area (TPSA) is 46.3 Å². The van der Waals surface area contributed by atoms with E-state index in [1.54, 1.807) is 18.7 Å². The third kappa shape index (κ3) is 4.88. The summed E-state index contributed by atoms with van der Waals surface area (Å²) in [5.41, 5.74) is 6.37. The van der Waals surface area contributed by atoms with Crippen molar-refractivity contribution >= 4 is 5.91 Å². The number of hydrogen-bond donors (Lipinski definition) is 1. The fourth-order valence-corrected chi connectivity index (χ4v) is 1.92. The predicted octanol–water partition coefficient (Wildman–Crippen LogP) is 2.21. The first-order valence-electron chi connectivity index (χ1n) is 6.49. The minimum atomic E-state index is -0.770. The van der Waals surface area contributed by atoms with Crippen LogP contribution in [0, 0.1) is 0 Å². The van der Waals surface area contributed by atoms with E-state index in [9.17, 15) is 4.79 Å². The molecule has 0 radical (unpaired) electrons. The fourth-order valence-electron chi connectivity index (χ4n) is 1.92. The molecule has 3 heteroatoms. The summed E-state index contributed by atoms with van der Waals surface area (Å²) in [6.45, 7) is 4.26. The SMILES string of the molecule is CN(CCCCc1ccccc1)C(=O)C(C)(C)N. The molecule has 0 spiro atoms.